The van der Waals surface area contributed by atoms with Crippen LogP contribution in [0, 0.1) is 0 Å². The van der Waals surface area contributed by atoms with Gasteiger partial charge in [-0.1, -0.05) is 12.1 Å². The number of rotatable bonds is 0. The van der Waals surface area contributed by atoms with Crippen LogP contribution in [0.5, 0.6) is 5.75 Å². The van der Waals surface area contributed by atoms with Gasteiger partial charge in [-0.05, 0) is 13.0 Å². The molecule has 13 heavy (non-hydrogen) atoms. The van der Waals surface area contributed by atoms with Crippen LogP contribution in [0.3, 0.4) is 0 Å². The lowest BCUT2D eigenvalue weighted by atomic mass is 9.98. The molecule has 1 atom stereocenters. The quantitative estimate of drug-likeness (QED) is 0.509. The third kappa shape index (κ3) is 0.922. The first-order valence-electron chi connectivity index (χ1n) is 3.90. The first-order chi connectivity index (χ1) is 6.03. The number of phenolic OH excluding ortho intramolecular Hbond substituents is 1. The Morgan fingerprint density at radius 1 is 1.46 bits per heavy atom. The van der Waals surface area contributed by atoms with E-state index in [9.17, 15) is 15.0 Å². The molecule has 0 radical (unpaired) electrons. The molecule has 0 saturated carbocycles. The van der Waals surface area contributed by atoms with Crippen molar-refractivity contribution < 1.29 is 15.0 Å². The first-order valence-corrected chi connectivity index (χ1v) is 3.90. The highest BCUT2D eigenvalue weighted by Gasteiger charge is 2.41. The minimum atomic E-state index is -1.53. The number of para-hydroxylation sites is 1. The van der Waals surface area contributed by atoms with Crippen LogP contribution in [-0.2, 0) is 10.4 Å². The Labute approximate surface area is 74.8 Å². The van der Waals surface area contributed by atoms with E-state index < -0.39 is 11.5 Å². The average molecular weight is 179 g/mol. The van der Waals surface area contributed by atoms with E-state index in [1.165, 1.54) is 13.0 Å². The second kappa shape index (κ2) is 2.23. The third-order valence-corrected chi connectivity index (χ3v) is 2.25. The number of carbonyl (C=O) groups excluding carboxylic acids is 1. The topological polar surface area (TPSA) is 69.6 Å². The standard InChI is InChI=1S/C9H9NO3/c1-9(13)5-3-2-4-6(11)7(5)10-8(9)12/h2-4,11,13H,1H3,(H,10,12). The van der Waals surface area contributed by atoms with Gasteiger partial charge in [0.15, 0.2) is 5.60 Å². The SMILES string of the molecule is CC1(O)C(=O)Nc2c(O)cccc21. The van der Waals surface area contributed by atoms with Crippen LogP contribution in [0.25, 0.3) is 0 Å². The molecule has 4 heteroatoms. The Morgan fingerprint density at radius 2 is 2.15 bits per heavy atom. The van der Waals surface area contributed by atoms with Crippen molar-refractivity contribution in [2.24, 2.45) is 0 Å². The van der Waals surface area contributed by atoms with Gasteiger partial charge < -0.3 is 15.5 Å². The molecule has 0 saturated heterocycles. The summed E-state index contributed by atoms with van der Waals surface area (Å²) in [7, 11) is 0. The molecule has 1 heterocycles. The predicted octanol–water partition coefficient (Wildman–Crippen LogP) is 0.552. The molecular formula is C9H9NO3. The normalized spacial score (nSPS) is 25.5. The fraction of sp³-hybridized carbons (Fsp3) is 0.222. The molecule has 1 aromatic rings. The van der Waals surface area contributed by atoms with E-state index in [2.05, 4.69) is 5.32 Å². The maximum Gasteiger partial charge on any atom is 0.260 e. The summed E-state index contributed by atoms with van der Waals surface area (Å²) < 4.78 is 0. The summed E-state index contributed by atoms with van der Waals surface area (Å²) in [6.45, 7) is 1.40. The molecule has 0 bridgehead atoms. The molecule has 0 aromatic heterocycles. The zero-order valence-corrected chi connectivity index (χ0v) is 7.03. The number of aromatic hydroxyl groups is 1. The summed E-state index contributed by atoms with van der Waals surface area (Å²) in [5.41, 5.74) is -0.816. The molecular weight excluding hydrogens is 170 g/mol. The van der Waals surface area contributed by atoms with Crippen molar-refractivity contribution >= 4 is 11.6 Å². The van der Waals surface area contributed by atoms with E-state index >= 15 is 0 Å². The maximum atomic E-state index is 11.2. The second-order valence-electron chi connectivity index (χ2n) is 3.23. The largest absolute Gasteiger partial charge is 0.506 e. The van der Waals surface area contributed by atoms with Crippen LogP contribution >= 0.6 is 0 Å². The summed E-state index contributed by atoms with van der Waals surface area (Å²) in [6, 6.07) is 4.65. The Bertz CT molecular complexity index is 384. The number of benzene rings is 1. The smallest absolute Gasteiger partial charge is 0.260 e. The van der Waals surface area contributed by atoms with Crippen LogP contribution in [0.4, 0.5) is 5.69 Å². The molecule has 4 nitrogen and oxygen atoms in total. The molecule has 3 N–H and O–H groups in total. The highest BCUT2D eigenvalue weighted by molar-refractivity contribution is 6.05. The number of amides is 1. The van der Waals surface area contributed by atoms with Gasteiger partial charge in [0.2, 0.25) is 0 Å². The van der Waals surface area contributed by atoms with Crippen LogP contribution in [0.2, 0.25) is 0 Å². The minimum absolute atomic E-state index is 0.0244. The van der Waals surface area contributed by atoms with Gasteiger partial charge >= 0.3 is 0 Å². The summed E-state index contributed by atoms with van der Waals surface area (Å²) in [5.74, 6) is -0.535. The number of nitrogens with one attached hydrogen (secondary N) is 1. The maximum absolute atomic E-state index is 11.2. The highest BCUT2D eigenvalue weighted by atomic mass is 16.3. The highest BCUT2D eigenvalue weighted by Crippen LogP contribution is 2.40. The lowest BCUT2D eigenvalue weighted by molar-refractivity contribution is -0.131. The van der Waals surface area contributed by atoms with Crippen molar-refractivity contribution in [2.75, 3.05) is 5.32 Å². The Balaban J connectivity index is 2.68. The van der Waals surface area contributed by atoms with Crippen LogP contribution in [-0.4, -0.2) is 16.1 Å². The molecule has 0 spiro atoms. The van der Waals surface area contributed by atoms with Crippen molar-refractivity contribution in [1.82, 2.24) is 0 Å². The van der Waals surface area contributed by atoms with Crippen LogP contribution in [0.15, 0.2) is 18.2 Å². The Morgan fingerprint density at radius 3 is 2.77 bits per heavy atom. The summed E-state index contributed by atoms with van der Waals surface area (Å²) in [6.07, 6.45) is 0. The van der Waals surface area contributed by atoms with E-state index in [1.807, 2.05) is 0 Å². The summed E-state index contributed by atoms with van der Waals surface area (Å²) in [4.78, 5) is 11.2. The minimum Gasteiger partial charge on any atom is -0.506 e. The molecule has 0 fully saturated rings. The van der Waals surface area contributed by atoms with Gasteiger partial charge in [0.25, 0.3) is 5.91 Å². The average Bonchev–Trinajstić information content (AvgIpc) is 2.28. The van der Waals surface area contributed by atoms with Gasteiger partial charge in [0.1, 0.15) is 5.75 Å². The van der Waals surface area contributed by atoms with Crippen molar-refractivity contribution in [3.63, 3.8) is 0 Å². The Hall–Kier alpha value is -1.55. The molecule has 1 aromatic carbocycles. The van der Waals surface area contributed by atoms with E-state index in [1.54, 1.807) is 12.1 Å². The van der Waals surface area contributed by atoms with Crippen LogP contribution in [0.1, 0.15) is 12.5 Å². The monoisotopic (exact) mass is 179 g/mol. The van der Waals surface area contributed by atoms with E-state index in [0.717, 1.165) is 0 Å². The molecule has 1 unspecified atom stereocenters. The fourth-order valence-corrected chi connectivity index (χ4v) is 1.43. The first kappa shape index (κ1) is 8.07. The molecule has 0 aliphatic carbocycles. The summed E-state index contributed by atoms with van der Waals surface area (Å²) in [5, 5.41) is 21.5. The zero-order valence-electron chi connectivity index (χ0n) is 7.03. The zero-order chi connectivity index (χ0) is 9.64. The van der Waals surface area contributed by atoms with Gasteiger partial charge in [0, 0.05) is 5.56 Å². The van der Waals surface area contributed by atoms with Gasteiger partial charge in [-0.15, -0.1) is 0 Å². The third-order valence-electron chi connectivity index (χ3n) is 2.25. The number of carbonyl (C=O) groups is 1. The number of hydrogen-bond acceptors (Lipinski definition) is 3. The second-order valence-corrected chi connectivity index (χ2v) is 3.23. The molecule has 1 aliphatic heterocycles. The molecule has 1 amide bonds. The van der Waals surface area contributed by atoms with Crippen molar-refractivity contribution in [2.45, 2.75) is 12.5 Å². The van der Waals surface area contributed by atoms with E-state index in [0.29, 0.717) is 11.3 Å². The van der Waals surface area contributed by atoms with Gasteiger partial charge in [-0.25, -0.2) is 0 Å². The molecule has 68 valence electrons. The van der Waals surface area contributed by atoms with Gasteiger partial charge in [0.05, 0.1) is 5.69 Å². The number of phenols is 1. The van der Waals surface area contributed by atoms with E-state index in [-0.39, 0.29) is 5.75 Å². The Kier molecular flexibility index (Phi) is 1.38. The number of anilines is 1. The molecule has 2 rings (SSSR count). The van der Waals surface area contributed by atoms with Crippen molar-refractivity contribution in [3.8, 4) is 5.75 Å². The number of aliphatic hydroxyl groups is 1. The summed E-state index contributed by atoms with van der Waals surface area (Å²) >= 11 is 0. The number of hydrogen-bond donors (Lipinski definition) is 3. The molecule has 1 aliphatic rings. The lowest BCUT2D eigenvalue weighted by Crippen LogP contribution is -2.30. The fourth-order valence-electron chi connectivity index (χ4n) is 1.43. The van der Waals surface area contributed by atoms with Crippen LogP contribution < -0.4 is 5.32 Å². The van der Waals surface area contributed by atoms with Gasteiger partial charge in [-0.3, -0.25) is 4.79 Å². The van der Waals surface area contributed by atoms with Crippen molar-refractivity contribution in [3.05, 3.63) is 23.8 Å². The predicted molar refractivity (Wildman–Crippen MR) is 46.3 cm³/mol. The lowest BCUT2D eigenvalue weighted by Gasteiger charge is -2.13. The van der Waals surface area contributed by atoms with Crippen molar-refractivity contribution in [1.29, 1.82) is 0 Å². The van der Waals surface area contributed by atoms with Gasteiger partial charge in [-0.2, -0.15) is 0 Å². The number of fused-ring (bicyclic) bond motifs is 1. The van der Waals surface area contributed by atoms with E-state index in [4.69, 9.17) is 0 Å².